The minimum absolute atomic E-state index is 0. The minimum Gasteiger partial charge on any atom is -0.655 e. The molecule has 213 valence electrons. The maximum Gasteiger partial charge on any atom is 0.110 e. The molecule has 1 radical (unpaired) electrons. The molecule has 0 bridgehead atoms. The molecule has 0 aliphatic heterocycles. The summed E-state index contributed by atoms with van der Waals surface area (Å²) < 4.78 is 4.55. The molecule has 1 N–H and O–H groups in total. The maximum atomic E-state index is 11.6. The van der Waals surface area contributed by atoms with Crippen molar-refractivity contribution in [1.29, 1.82) is 0 Å². The second-order valence-corrected chi connectivity index (χ2v) is 12.2. The van der Waals surface area contributed by atoms with Crippen molar-refractivity contribution in [2.45, 2.75) is 0 Å². The number of benzene rings is 7. The minimum atomic E-state index is 0. The molecule has 0 amide bonds. The van der Waals surface area contributed by atoms with E-state index in [1.165, 1.54) is 32.6 Å². The van der Waals surface area contributed by atoms with Crippen molar-refractivity contribution in [2.75, 3.05) is 0 Å². The van der Waals surface area contributed by atoms with Gasteiger partial charge in [0.25, 0.3) is 0 Å². The fourth-order valence-electron chi connectivity index (χ4n) is 6.62. The molecule has 9 aromatic rings. The molecule has 7 aromatic carbocycles. The number of phenolic OH excluding ortho intramolecular Hbond substituents is 1. The first-order chi connectivity index (χ1) is 21.7. The van der Waals surface area contributed by atoms with Gasteiger partial charge in [0.15, 0.2) is 0 Å². The molecular weight excluding hydrogens is 607 g/mol. The second-order valence-electron chi connectivity index (χ2n) is 11.1. The Labute approximate surface area is 275 Å². The molecule has 45 heavy (non-hydrogen) atoms. The number of hydrogen-bond donors (Lipinski definition) is 1. The van der Waals surface area contributed by atoms with E-state index in [1.807, 2.05) is 48.5 Å². The molecule has 0 unspecified atom stereocenters. The van der Waals surface area contributed by atoms with Crippen LogP contribution in [0.25, 0.3) is 74.9 Å². The fourth-order valence-corrected chi connectivity index (χ4v) is 7.86. The topological polar surface area (TPSA) is 39.3 Å². The summed E-state index contributed by atoms with van der Waals surface area (Å²) in [6, 6.07) is 50.6. The van der Waals surface area contributed by atoms with E-state index in [-0.39, 0.29) is 24.3 Å². The molecule has 0 spiro atoms. The summed E-state index contributed by atoms with van der Waals surface area (Å²) in [5, 5.41) is 23.5. The van der Waals surface area contributed by atoms with Crippen LogP contribution in [0.5, 0.6) is 5.75 Å². The first-order valence-electron chi connectivity index (χ1n) is 14.7. The van der Waals surface area contributed by atoms with Gasteiger partial charge in [-0.3, -0.25) is 0 Å². The van der Waals surface area contributed by atoms with Crippen LogP contribution in [0.15, 0.2) is 146 Å². The number of aromatic nitrogens is 1. The van der Waals surface area contributed by atoms with Gasteiger partial charge in [0, 0.05) is 55.2 Å². The molecule has 0 atom stereocenters. The van der Waals surface area contributed by atoms with Gasteiger partial charge < -0.3 is 15.0 Å². The number of fused-ring (bicyclic) bond motifs is 8. The smallest absolute Gasteiger partial charge is 0.110 e. The van der Waals surface area contributed by atoms with Gasteiger partial charge in [-0.15, -0.1) is 17.0 Å². The van der Waals surface area contributed by atoms with Gasteiger partial charge in [-0.1, -0.05) is 121 Å². The Hall–Kier alpha value is -5.00. The normalized spacial score (nSPS) is 11.5. The average molecular weight is 633 g/mol. The predicted octanol–water partition coefficient (Wildman–Crippen LogP) is 12.0. The van der Waals surface area contributed by atoms with Crippen LogP contribution >= 0.6 is 11.3 Å². The SMILES string of the molecule is Oc1c([N-]c2ccc(-n3c4ccccc4c4c5ccccc5ccc43)cc2)cc(-c2ccccc2)c2sc3ccccc3c12.[V]. The van der Waals surface area contributed by atoms with Crippen LogP contribution in [0.2, 0.25) is 0 Å². The van der Waals surface area contributed by atoms with E-state index < -0.39 is 0 Å². The van der Waals surface area contributed by atoms with Crippen LogP contribution in [0.1, 0.15) is 0 Å². The third-order valence-corrected chi connectivity index (χ3v) is 9.81. The number of nitrogens with zero attached hydrogens (tertiary/aromatic N) is 2. The van der Waals surface area contributed by atoms with Gasteiger partial charge in [0.2, 0.25) is 0 Å². The monoisotopic (exact) mass is 632 g/mol. The van der Waals surface area contributed by atoms with E-state index in [9.17, 15) is 5.11 Å². The van der Waals surface area contributed by atoms with Crippen molar-refractivity contribution in [3.63, 3.8) is 0 Å². The number of thiophene rings is 1. The number of rotatable bonds is 4. The zero-order chi connectivity index (χ0) is 29.2. The van der Waals surface area contributed by atoms with Crippen LogP contribution in [-0.2, 0) is 18.6 Å². The third-order valence-electron chi connectivity index (χ3n) is 8.61. The summed E-state index contributed by atoms with van der Waals surface area (Å²) in [5.74, 6) is 0.218. The predicted molar refractivity (Wildman–Crippen MR) is 187 cm³/mol. The van der Waals surface area contributed by atoms with E-state index >= 15 is 0 Å². The van der Waals surface area contributed by atoms with E-state index in [1.54, 1.807) is 11.3 Å². The van der Waals surface area contributed by atoms with Gasteiger partial charge in [0.1, 0.15) is 5.75 Å². The van der Waals surface area contributed by atoms with Crippen LogP contribution in [-0.4, -0.2) is 9.67 Å². The summed E-state index contributed by atoms with van der Waals surface area (Å²) in [6.07, 6.45) is 0. The fraction of sp³-hybridized carbons (Fsp3) is 0. The van der Waals surface area contributed by atoms with Crippen molar-refractivity contribution in [3.05, 3.63) is 151 Å². The molecule has 0 saturated carbocycles. The molecular formula is C40H25N2OSV-. The van der Waals surface area contributed by atoms with Gasteiger partial charge in [0.05, 0.1) is 11.0 Å². The Morgan fingerprint density at radius 2 is 1.27 bits per heavy atom. The molecule has 9 rings (SSSR count). The molecule has 5 heteroatoms. The average Bonchev–Trinajstić information content (AvgIpc) is 3.64. The van der Waals surface area contributed by atoms with Crippen molar-refractivity contribution in [3.8, 4) is 22.6 Å². The second kappa shape index (κ2) is 10.9. The Morgan fingerprint density at radius 3 is 2.09 bits per heavy atom. The third kappa shape index (κ3) is 4.33. The summed E-state index contributed by atoms with van der Waals surface area (Å²) in [6.45, 7) is 0. The van der Waals surface area contributed by atoms with Gasteiger partial charge in [-0.2, -0.15) is 0 Å². The molecule has 0 fully saturated rings. The first-order valence-corrected chi connectivity index (χ1v) is 15.5. The van der Waals surface area contributed by atoms with Gasteiger partial charge in [-0.05, 0) is 52.2 Å². The number of hydrogen-bond acceptors (Lipinski definition) is 2. The zero-order valence-corrected chi connectivity index (χ0v) is 26.3. The van der Waals surface area contributed by atoms with Crippen molar-refractivity contribution < 1.29 is 23.7 Å². The van der Waals surface area contributed by atoms with E-state index in [0.717, 1.165) is 42.7 Å². The maximum absolute atomic E-state index is 11.6. The summed E-state index contributed by atoms with van der Waals surface area (Å²) >= 11 is 1.71. The first kappa shape index (κ1) is 27.5. The molecule has 0 aliphatic rings. The van der Waals surface area contributed by atoms with E-state index in [0.29, 0.717) is 5.69 Å². The largest absolute Gasteiger partial charge is 0.655 e. The molecule has 0 aliphatic carbocycles. The standard InChI is InChI=1S/C40H25N2OS.V/c43-39-33(24-32(25-10-2-1-3-11-25)40-38(39)31-15-7-9-17-36(31)44-40)41-27-19-21-28(22-20-27)42-34-16-8-6-14-30(34)37-29-13-5-4-12-26(29)18-23-35(37)42;/h1-24,43H;/q-1;. The van der Waals surface area contributed by atoms with Crippen LogP contribution in [0.4, 0.5) is 11.4 Å². The van der Waals surface area contributed by atoms with E-state index in [2.05, 4.69) is 102 Å². The number of para-hydroxylation sites is 1. The number of aromatic hydroxyl groups is 1. The molecule has 2 heterocycles. The Balaban J connectivity index is 0.00000300. The Bertz CT molecular complexity index is 2530. The van der Waals surface area contributed by atoms with E-state index in [4.69, 9.17) is 5.32 Å². The zero-order valence-electron chi connectivity index (χ0n) is 24.1. The molecule has 0 saturated heterocycles. The van der Waals surface area contributed by atoms with Gasteiger partial charge in [-0.25, -0.2) is 0 Å². The Kier molecular flexibility index (Phi) is 6.65. The van der Waals surface area contributed by atoms with Crippen LogP contribution < -0.4 is 0 Å². The van der Waals surface area contributed by atoms with Crippen molar-refractivity contribution in [2.24, 2.45) is 0 Å². The Morgan fingerprint density at radius 1 is 0.578 bits per heavy atom. The summed E-state index contributed by atoms with van der Waals surface area (Å²) in [4.78, 5) is 0. The molecule has 3 nitrogen and oxygen atoms in total. The van der Waals surface area contributed by atoms with Crippen LogP contribution in [0, 0.1) is 0 Å². The quantitative estimate of drug-likeness (QED) is 0.206. The number of phenols is 1. The molecule has 2 aromatic heterocycles. The van der Waals surface area contributed by atoms with Crippen LogP contribution in [0.3, 0.4) is 0 Å². The summed E-state index contributed by atoms with van der Waals surface area (Å²) in [7, 11) is 0. The summed E-state index contributed by atoms with van der Waals surface area (Å²) in [5.41, 5.74) is 6.95. The van der Waals surface area contributed by atoms with Crippen molar-refractivity contribution >= 4 is 75.5 Å². The van der Waals surface area contributed by atoms with Gasteiger partial charge >= 0.3 is 0 Å². The van der Waals surface area contributed by atoms with Crippen molar-refractivity contribution in [1.82, 2.24) is 4.57 Å².